The predicted octanol–water partition coefficient (Wildman–Crippen LogP) is 2.00. The summed E-state index contributed by atoms with van der Waals surface area (Å²) < 4.78 is 2.28. The van der Waals surface area contributed by atoms with Crippen LogP contribution < -0.4 is 5.32 Å². The van der Waals surface area contributed by atoms with E-state index in [4.69, 9.17) is 5.11 Å². The van der Waals surface area contributed by atoms with Crippen molar-refractivity contribution in [3.8, 4) is 0 Å². The zero-order valence-electron chi connectivity index (χ0n) is 10.3. The summed E-state index contributed by atoms with van der Waals surface area (Å²) in [6.45, 7) is 4.14. The zero-order valence-corrected chi connectivity index (χ0v) is 10.3. The minimum Gasteiger partial charge on any atom is -0.395 e. The lowest BCUT2D eigenvalue weighted by molar-refractivity contribution is 0.251. The van der Waals surface area contributed by atoms with Crippen LogP contribution in [0, 0.1) is 0 Å². The summed E-state index contributed by atoms with van der Waals surface area (Å²) in [5.74, 6) is 0. The van der Waals surface area contributed by atoms with Gasteiger partial charge in [0, 0.05) is 24.3 Å². The Labute approximate surface area is 102 Å². The van der Waals surface area contributed by atoms with Crippen molar-refractivity contribution >= 4 is 10.9 Å². The van der Waals surface area contributed by atoms with E-state index >= 15 is 0 Å². The van der Waals surface area contributed by atoms with E-state index in [1.165, 1.54) is 10.9 Å². The summed E-state index contributed by atoms with van der Waals surface area (Å²) in [6, 6.07) is 10.8. The third-order valence-electron chi connectivity index (χ3n) is 3.02. The molecule has 2 aromatic rings. The highest BCUT2D eigenvalue weighted by Crippen LogP contribution is 2.15. The van der Waals surface area contributed by atoms with Crippen LogP contribution in [0.25, 0.3) is 10.9 Å². The molecule has 0 amide bonds. The van der Waals surface area contributed by atoms with E-state index in [9.17, 15) is 0 Å². The van der Waals surface area contributed by atoms with Crippen molar-refractivity contribution in [2.24, 2.45) is 0 Å². The first kappa shape index (κ1) is 12.1. The Morgan fingerprint density at radius 2 is 2.12 bits per heavy atom. The van der Waals surface area contributed by atoms with Gasteiger partial charge in [0.05, 0.1) is 6.61 Å². The Bertz CT molecular complexity index is 464. The molecule has 3 nitrogen and oxygen atoms in total. The molecule has 0 aliphatic carbocycles. The molecule has 92 valence electrons. The molecule has 1 atom stereocenters. The van der Waals surface area contributed by atoms with E-state index in [0.717, 1.165) is 19.5 Å². The lowest BCUT2D eigenvalue weighted by Gasteiger charge is -2.11. The normalized spacial score (nSPS) is 13.1. The van der Waals surface area contributed by atoms with Crippen LogP contribution in [0.2, 0.25) is 0 Å². The number of aromatic nitrogens is 1. The molecule has 0 fully saturated rings. The van der Waals surface area contributed by atoms with Crippen LogP contribution in [0.15, 0.2) is 36.5 Å². The maximum Gasteiger partial charge on any atom is 0.0581 e. The highest BCUT2D eigenvalue weighted by molar-refractivity contribution is 5.79. The number of aliphatic hydroxyl groups is 1. The van der Waals surface area contributed by atoms with Crippen molar-refractivity contribution in [1.29, 1.82) is 0 Å². The molecule has 2 rings (SSSR count). The molecule has 1 aromatic heterocycles. The number of rotatable bonds is 6. The Morgan fingerprint density at radius 1 is 1.29 bits per heavy atom. The minimum atomic E-state index is 0.191. The number of aliphatic hydroxyl groups excluding tert-OH is 1. The molecule has 0 aliphatic rings. The van der Waals surface area contributed by atoms with Crippen molar-refractivity contribution in [2.45, 2.75) is 25.9 Å². The highest BCUT2D eigenvalue weighted by Gasteiger charge is 2.00. The minimum absolute atomic E-state index is 0.191. The Morgan fingerprint density at radius 3 is 2.94 bits per heavy atom. The van der Waals surface area contributed by atoms with E-state index in [2.05, 4.69) is 46.4 Å². The van der Waals surface area contributed by atoms with Crippen LogP contribution >= 0.6 is 0 Å². The number of benzene rings is 1. The maximum atomic E-state index is 8.89. The number of para-hydroxylation sites is 1. The fraction of sp³-hybridized carbons (Fsp3) is 0.429. The van der Waals surface area contributed by atoms with E-state index in [1.807, 2.05) is 6.92 Å². The second-order valence-corrected chi connectivity index (χ2v) is 4.46. The molecule has 2 N–H and O–H groups in total. The lowest BCUT2D eigenvalue weighted by Crippen LogP contribution is -2.30. The van der Waals surface area contributed by atoms with E-state index < -0.39 is 0 Å². The number of nitrogens with zero attached hydrogens (tertiary/aromatic N) is 1. The van der Waals surface area contributed by atoms with Crippen LogP contribution in [0.5, 0.6) is 0 Å². The molecule has 0 bridgehead atoms. The molecule has 17 heavy (non-hydrogen) atoms. The van der Waals surface area contributed by atoms with Crippen LogP contribution in [0.3, 0.4) is 0 Å². The van der Waals surface area contributed by atoms with Crippen LogP contribution in [-0.2, 0) is 6.54 Å². The molecular weight excluding hydrogens is 212 g/mol. The smallest absolute Gasteiger partial charge is 0.0581 e. The molecule has 0 aliphatic heterocycles. The van der Waals surface area contributed by atoms with Crippen LogP contribution in [0.4, 0.5) is 0 Å². The fourth-order valence-electron chi connectivity index (χ4n) is 2.00. The number of hydrogen-bond acceptors (Lipinski definition) is 2. The van der Waals surface area contributed by atoms with Gasteiger partial charge in [0.2, 0.25) is 0 Å². The molecule has 1 heterocycles. The van der Waals surface area contributed by atoms with E-state index in [-0.39, 0.29) is 12.6 Å². The van der Waals surface area contributed by atoms with Gasteiger partial charge in [-0.2, -0.15) is 0 Å². The topological polar surface area (TPSA) is 37.2 Å². The molecule has 0 saturated carbocycles. The van der Waals surface area contributed by atoms with Gasteiger partial charge in [-0.05, 0) is 37.4 Å². The van der Waals surface area contributed by atoms with Gasteiger partial charge in [-0.15, -0.1) is 0 Å². The van der Waals surface area contributed by atoms with Gasteiger partial charge in [0.25, 0.3) is 0 Å². The highest BCUT2D eigenvalue weighted by atomic mass is 16.3. The third-order valence-corrected chi connectivity index (χ3v) is 3.02. The van der Waals surface area contributed by atoms with Gasteiger partial charge in [-0.3, -0.25) is 0 Å². The molecule has 0 spiro atoms. The van der Waals surface area contributed by atoms with Gasteiger partial charge < -0.3 is 15.0 Å². The summed E-state index contributed by atoms with van der Waals surface area (Å²) in [6.07, 6.45) is 3.21. The third kappa shape index (κ3) is 3.08. The zero-order chi connectivity index (χ0) is 12.1. The predicted molar refractivity (Wildman–Crippen MR) is 71.1 cm³/mol. The van der Waals surface area contributed by atoms with Gasteiger partial charge in [-0.25, -0.2) is 0 Å². The summed E-state index contributed by atoms with van der Waals surface area (Å²) in [5.41, 5.74) is 1.29. The fourth-order valence-corrected chi connectivity index (χ4v) is 2.00. The second-order valence-electron chi connectivity index (χ2n) is 4.46. The van der Waals surface area contributed by atoms with Crippen LogP contribution in [0.1, 0.15) is 13.3 Å². The van der Waals surface area contributed by atoms with E-state index in [0.29, 0.717) is 0 Å². The van der Waals surface area contributed by atoms with Gasteiger partial charge in [-0.1, -0.05) is 18.2 Å². The summed E-state index contributed by atoms with van der Waals surface area (Å²) >= 11 is 0. The summed E-state index contributed by atoms with van der Waals surface area (Å²) in [7, 11) is 0. The molecule has 0 radical (unpaired) electrons. The van der Waals surface area contributed by atoms with Gasteiger partial charge >= 0.3 is 0 Å². The Balaban J connectivity index is 1.87. The molecule has 3 heteroatoms. The second kappa shape index (κ2) is 5.84. The van der Waals surface area contributed by atoms with Gasteiger partial charge in [0.15, 0.2) is 0 Å². The summed E-state index contributed by atoms with van der Waals surface area (Å²) in [5, 5.41) is 13.5. The van der Waals surface area contributed by atoms with Crippen molar-refractivity contribution < 1.29 is 5.11 Å². The van der Waals surface area contributed by atoms with Crippen molar-refractivity contribution in [1.82, 2.24) is 9.88 Å². The van der Waals surface area contributed by atoms with Crippen molar-refractivity contribution in [3.05, 3.63) is 36.5 Å². The first-order chi connectivity index (χ1) is 8.31. The molecule has 0 saturated heterocycles. The Hall–Kier alpha value is -1.32. The number of hydrogen-bond donors (Lipinski definition) is 2. The van der Waals surface area contributed by atoms with Crippen LogP contribution in [-0.4, -0.2) is 28.9 Å². The number of fused-ring (bicyclic) bond motifs is 1. The van der Waals surface area contributed by atoms with E-state index in [1.54, 1.807) is 0 Å². The van der Waals surface area contributed by atoms with Gasteiger partial charge in [0.1, 0.15) is 0 Å². The largest absolute Gasteiger partial charge is 0.395 e. The first-order valence-electron chi connectivity index (χ1n) is 6.19. The lowest BCUT2D eigenvalue weighted by atomic mass is 10.2. The maximum absolute atomic E-state index is 8.89. The monoisotopic (exact) mass is 232 g/mol. The Kier molecular flexibility index (Phi) is 4.18. The standard InChI is InChI=1S/C14H20N2O/c1-12(11-17)15-8-4-9-16-10-7-13-5-2-3-6-14(13)16/h2-3,5-7,10,12,15,17H,4,8-9,11H2,1H3/t12-/m1/s1. The number of nitrogens with one attached hydrogen (secondary N) is 1. The SMILES string of the molecule is C[C@H](CO)NCCCn1ccc2ccccc21. The van der Waals surface area contributed by atoms with Crippen molar-refractivity contribution in [2.75, 3.05) is 13.2 Å². The average molecular weight is 232 g/mol. The summed E-state index contributed by atoms with van der Waals surface area (Å²) in [4.78, 5) is 0. The molecular formula is C14H20N2O. The van der Waals surface area contributed by atoms with Crippen molar-refractivity contribution in [3.63, 3.8) is 0 Å². The number of aryl methyl sites for hydroxylation is 1. The quantitative estimate of drug-likeness (QED) is 0.747. The molecule has 0 unspecified atom stereocenters. The molecule has 1 aromatic carbocycles. The first-order valence-corrected chi connectivity index (χ1v) is 6.19. The average Bonchev–Trinajstić information content (AvgIpc) is 2.78.